The van der Waals surface area contributed by atoms with Crippen molar-refractivity contribution in [2.24, 2.45) is 0 Å². The van der Waals surface area contributed by atoms with Crippen molar-refractivity contribution in [1.29, 1.82) is 0 Å². The van der Waals surface area contributed by atoms with Gasteiger partial charge in [0.05, 0.1) is 5.56 Å². The smallest absolute Gasteiger partial charge is 0.254 e. The average molecular weight is 311 g/mol. The van der Waals surface area contributed by atoms with Crippen LogP contribution in [0.2, 0.25) is 0 Å². The van der Waals surface area contributed by atoms with Crippen molar-refractivity contribution in [1.82, 2.24) is 9.80 Å². The fraction of sp³-hybridized carbons (Fsp3) is 0.500. The molecule has 1 heterocycles. The first kappa shape index (κ1) is 13.6. The number of hydrogen-bond donors (Lipinski definition) is 0. The fourth-order valence-corrected chi connectivity index (χ4v) is 2.90. The maximum absolute atomic E-state index is 12.3. The molecule has 0 aliphatic carbocycles. The largest absolute Gasteiger partial charge is 0.340 e. The van der Waals surface area contributed by atoms with Gasteiger partial charge in [-0.2, -0.15) is 0 Å². The van der Waals surface area contributed by atoms with Crippen LogP contribution in [0.4, 0.5) is 0 Å². The highest BCUT2D eigenvalue weighted by Gasteiger charge is 2.24. The van der Waals surface area contributed by atoms with Crippen LogP contribution in [0.1, 0.15) is 23.2 Å². The van der Waals surface area contributed by atoms with Gasteiger partial charge in [0, 0.05) is 24.1 Å². The third kappa shape index (κ3) is 2.93. The molecular formula is C14H19BrN2O. The summed E-state index contributed by atoms with van der Waals surface area (Å²) in [7, 11) is 4.02. The van der Waals surface area contributed by atoms with E-state index in [1.54, 1.807) is 0 Å². The Bertz CT molecular complexity index is 436. The Labute approximate surface area is 117 Å². The molecule has 4 heteroatoms. The summed E-state index contributed by atoms with van der Waals surface area (Å²) in [6.07, 6.45) is 2.42. The molecule has 98 valence electrons. The lowest BCUT2D eigenvalue weighted by Gasteiger charge is -2.26. The normalized spacial score (nSPS) is 20.1. The van der Waals surface area contributed by atoms with Crippen LogP contribution < -0.4 is 0 Å². The summed E-state index contributed by atoms with van der Waals surface area (Å²) in [6.45, 7) is 1.94. The van der Waals surface area contributed by atoms with Gasteiger partial charge in [0.25, 0.3) is 5.91 Å². The number of carbonyl (C=O) groups is 1. The van der Waals surface area contributed by atoms with Crippen molar-refractivity contribution in [3.63, 3.8) is 0 Å². The van der Waals surface area contributed by atoms with Crippen LogP contribution in [0.3, 0.4) is 0 Å². The Morgan fingerprint density at radius 1 is 1.50 bits per heavy atom. The second kappa shape index (κ2) is 5.85. The molecule has 1 atom stereocenters. The summed E-state index contributed by atoms with van der Waals surface area (Å²) in [4.78, 5) is 16.5. The second-order valence-electron chi connectivity index (χ2n) is 4.94. The number of nitrogens with zero attached hydrogens (tertiary/aromatic N) is 2. The third-order valence-electron chi connectivity index (χ3n) is 3.61. The topological polar surface area (TPSA) is 23.6 Å². The molecule has 0 bridgehead atoms. The maximum atomic E-state index is 12.3. The molecule has 1 fully saturated rings. The van der Waals surface area contributed by atoms with Crippen molar-refractivity contribution < 1.29 is 4.79 Å². The molecule has 0 aromatic heterocycles. The molecule has 1 saturated heterocycles. The van der Waals surface area contributed by atoms with E-state index in [0.29, 0.717) is 6.04 Å². The maximum Gasteiger partial charge on any atom is 0.254 e. The lowest BCUT2D eigenvalue weighted by atomic mass is 10.1. The van der Waals surface area contributed by atoms with Gasteiger partial charge >= 0.3 is 0 Å². The number of halogens is 1. The Morgan fingerprint density at radius 2 is 2.22 bits per heavy atom. The predicted octanol–water partition coefficient (Wildman–Crippen LogP) is 2.62. The van der Waals surface area contributed by atoms with E-state index >= 15 is 0 Å². The van der Waals surface area contributed by atoms with Crippen molar-refractivity contribution >= 4 is 21.8 Å². The second-order valence-corrected chi connectivity index (χ2v) is 5.80. The summed E-state index contributed by atoms with van der Waals surface area (Å²) in [5, 5.41) is 0. The first-order valence-corrected chi connectivity index (χ1v) is 7.09. The Hall–Kier alpha value is -0.870. The Morgan fingerprint density at radius 3 is 2.83 bits per heavy atom. The van der Waals surface area contributed by atoms with E-state index in [2.05, 4.69) is 27.9 Å². The van der Waals surface area contributed by atoms with Gasteiger partial charge in [0.15, 0.2) is 0 Å². The van der Waals surface area contributed by atoms with Gasteiger partial charge < -0.3 is 9.80 Å². The van der Waals surface area contributed by atoms with Gasteiger partial charge in [0.2, 0.25) is 0 Å². The summed E-state index contributed by atoms with van der Waals surface area (Å²) >= 11 is 3.43. The van der Waals surface area contributed by atoms with Crippen LogP contribution in [0, 0.1) is 0 Å². The van der Waals surface area contributed by atoms with Gasteiger partial charge in [-0.3, -0.25) is 4.79 Å². The van der Waals surface area contributed by atoms with Crippen molar-refractivity contribution in [2.75, 3.05) is 27.2 Å². The van der Waals surface area contributed by atoms with E-state index in [4.69, 9.17) is 0 Å². The lowest BCUT2D eigenvalue weighted by molar-refractivity contribution is 0.0760. The van der Waals surface area contributed by atoms with Crippen LogP contribution >= 0.6 is 15.9 Å². The van der Waals surface area contributed by atoms with Crippen LogP contribution in [0.15, 0.2) is 28.7 Å². The van der Waals surface area contributed by atoms with Gasteiger partial charge in [-0.1, -0.05) is 12.1 Å². The van der Waals surface area contributed by atoms with E-state index < -0.39 is 0 Å². The minimum absolute atomic E-state index is 0.0859. The lowest BCUT2D eigenvalue weighted by Crippen LogP contribution is -2.39. The van der Waals surface area contributed by atoms with Gasteiger partial charge in [0.1, 0.15) is 0 Å². The zero-order valence-electron chi connectivity index (χ0n) is 10.9. The van der Waals surface area contributed by atoms with E-state index in [0.717, 1.165) is 23.1 Å². The molecule has 0 spiro atoms. The number of likely N-dealkylation sites (tertiary alicyclic amines) is 1. The minimum Gasteiger partial charge on any atom is -0.340 e. The number of rotatable bonds is 3. The van der Waals surface area contributed by atoms with Gasteiger partial charge in [-0.25, -0.2) is 0 Å². The van der Waals surface area contributed by atoms with E-state index in [1.165, 1.54) is 12.8 Å². The van der Waals surface area contributed by atoms with Crippen LogP contribution in [0.25, 0.3) is 0 Å². The SMILES string of the molecule is CN(CC1CCCN1C)C(=O)c1ccccc1Br. The Balaban J connectivity index is 2.03. The van der Waals surface area contributed by atoms with E-state index in [9.17, 15) is 4.79 Å². The minimum atomic E-state index is 0.0859. The van der Waals surface area contributed by atoms with Crippen LogP contribution in [-0.4, -0.2) is 48.9 Å². The highest BCUT2D eigenvalue weighted by molar-refractivity contribution is 9.10. The molecule has 0 radical (unpaired) electrons. The van der Waals surface area contributed by atoms with Gasteiger partial charge in [-0.05, 0) is 54.5 Å². The first-order valence-electron chi connectivity index (χ1n) is 6.30. The molecule has 1 aromatic rings. The molecule has 1 aromatic carbocycles. The van der Waals surface area contributed by atoms with Crippen molar-refractivity contribution in [3.05, 3.63) is 34.3 Å². The molecule has 2 rings (SSSR count). The molecule has 1 amide bonds. The summed E-state index contributed by atoms with van der Waals surface area (Å²) < 4.78 is 0.863. The third-order valence-corrected chi connectivity index (χ3v) is 4.30. The quantitative estimate of drug-likeness (QED) is 0.857. The summed E-state index contributed by atoms with van der Waals surface area (Å²) in [5.74, 6) is 0.0859. The number of likely N-dealkylation sites (N-methyl/N-ethyl adjacent to an activating group) is 2. The molecular weight excluding hydrogens is 292 g/mol. The standard InChI is InChI=1S/C14H19BrN2O/c1-16-9-5-6-11(16)10-17(2)14(18)12-7-3-4-8-13(12)15/h3-4,7-8,11H,5-6,9-10H2,1-2H3. The summed E-state index contributed by atoms with van der Waals surface area (Å²) in [5.41, 5.74) is 0.737. The van der Waals surface area contributed by atoms with Crippen molar-refractivity contribution in [2.45, 2.75) is 18.9 Å². The van der Waals surface area contributed by atoms with Crippen LogP contribution in [0.5, 0.6) is 0 Å². The van der Waals surface area contributed by atoms with E-state index in [1.807, 2.05) is 36.2 Å². The average Bonchev–Trinajstić information content (AvgIpc) is 2.75. The van der Waals surface area contributed by atoms with Crippen molar-refractivity contribution in [3.8, 4) is 0 Å². The number of carbonyl (C=O) groups excluding carboxylic acids is 1. The Kier molecular flexibility index (Phi) is 4.40. The predicted molar refractivity (Wildman–Crippen MR) is 76.8 cm³/mol. The van der Waals surface area contributed by atoms with Crippen LogP contribution in [-0.2, 0) is 0 Å². The molecule has 1 aliphatic rings. The molecule has 3 nitrogen and oxygen atoms in total. The summed E-state index contributed by atoms with van der Waals surface area (Å²) in [6, 6.07) is 8.09. The van der Waals surface area contributed by atoms with E-state index in [-0.39, 0.29) is 5.91 Å². The number of amides is 1. The molecule has 18 heavy (non-hydrogen) atoms. The monoisotopic (exact) mass is 310 g/mol. The molecule has 0 N–H and O–H groups in total. The first-order chi connectivity index (χ1) is 8.59. The number of benzene rings is 1. The highest BCUT2D eigenvalue weighted by atomic mass is 79.9. The highest BCUT2D eigenvalue weighted by Crippen LogP contribution is 2.20. The molecule has 1 unspecified atom stereocenters. The zero-order chi connectivity index (χ0) is 13.1. The number of hydrogen-bond acceptors (Lipinski definition) is 2. The molecule has 0 saturated carbocycles. The molecule has 1 aliphatic heterocycles. The van der Waals surface area contributed by atoms with Gasteiger partial charge in [-0.15, -0.1) is 0 Å². The fourth-order valence-electron chi connectivity index (χ4n) is 2.45. The zero-order valence-corrected chi connectivity index (χ0v) is 12.5.